The van der Waals surface area contributed by atoms with Crippen LogP contribution in [0.1, 0.15) is 27.2 Å². The van der Waals surface area contributed by atoms with Crippen molar-refractivity contribution in [3.63, 3.8) is 0 Å². The number of amides is 1. The summed E-state index contributed by atoms with van der Waals surface area (Å²) in [7, 11) is 0. The van der Waals surface area contributed by atoms with Crippen molar-refractivity contribution in [1.82, 2.24) is 0 Å². The molecular weight excluding hydrogens is 146 g/mol. The molecule has 0 aromatic heterocycles. The van der Waals surface area contributed by atoms with E-state index in [2.05, 4.69) is 4.99 Å². The summed E-state index contributed by atoms with van der Waals surface area (Å²) in [5.74, 6) is 0. The Kier molecular flexibility index (Phi) is 1.86. The molecule has 3 heteroatoms. The van der Waals surface area contributed by atoms with Gasteiger partial charge < -0.3 is 0 Å². The predicted molar refractivity (Wildman–Crippen MR) is 44.8 cm³/mol. The molecule has 0 atom stereocenters. The van der Waals surface area contributed by atoms with Gasteiger partial charge in [0.25, 0.3) is 0 Å². The summed E-state index contributed by atoms with van der Waals surface area (Å²) < 4.78 is -0.0498. The molecule has 1 amide bonds. The second-order valence-electron chi connectivity index (χ2n) is 2.79. The molecule has 0 bridgehead atoms. The number of thioether (sulfide) groups is 1. The number of rotatable bonds is 1. The van der Waals surface area contributed by atoms with Gasteiger partial charge in [0.15, 0.2) is 0 Å². The molecule has 1 rings (SSSR count). The lowest BCUT2D eigenvalue weighted by Crippen LogP contribution is -2.22. The lowest BCUT2D eigenvalue weighted by molar-refractivity contribution is 0.268. The maximum absolute atomic E-state index is 10.8. The number of hydrogen-bond acceptors (Lipinski definition) is 2. The highest BCUT2D eigenvalue weighted by Crippen LogP contribution is 2.34. The van der Waals surface area contributed by atoms with Gasteiger partial charge in [0, 0.05) is 5.71 Å². The van der Waals surface area contributed by atoms with Crippen molar-refractivity contribution in [3.8, 4) is 0 Å². The molecule has 0 saturated carbocycles. The van der Waals surface area contributed by atoms with E-state index < -0.39 is 0 Å². The Labute approximate surface area is 65.1 Å². The van der Waals surface area contributed by atoms with E-state index in [1.807, 2.05) is 20.8 Å². The largest absolute Gasteiger partial charge is 0.305 e. The molecule has 0 unspecified atom stereocenters. The van der Waals surface area contributed by atoms with Crippen LogP contribution in [0.25, 0.3) is 0 Å². The molecule has 56 valence electrons. The van der Waals surface area contributed by atoms with E-state index in [-0.39, 0.29) is 9.99 Å². The molecule has 0 aliphatic carbocycles. The Morgan fingerprint density at radius 3 is 2.40 bits per heavy atom. The molecule has 1 heterocycles. The van der Waals surface area contributed by atoms with Crippen LogP contribution in [0.2, 0.25) is 0 Å². The summed E-state index contributed by atoms with van der Waals surface area (Å²) in [5, 5.41) is -0.0400. The lowest BCUT2D eigenvalue weighted by atomic mass is 10.1. The van der Waals surface area contributed by atoms with Crippen LogP contribution in [0.4, 0.5) is 4.79 Å². The van der Waals surface area contributed by atoms with Gasteiger partial charge in [0.2, 0.25) is 0 Å². The van der Waals surface area contributed by atoms with Crippen molar-refractivity contribution in [2.45, 2.75) is 31.9 Å². The third-order valence-corrected chi connectivity index (χ3v) is 2.61. The Hall–Kier alpha value is -0.310. The molecule has 0 aromatic rings. The van der Waals surface area contributed by atoms with Gasteiger partial charge in [-0.3, -0.25) is 4.79 Å². The molecule has 0 spiro atoms. The molecule has 1 aliphatic heterocycles. The minimum absolute atomic E-state index is 0.0400. The molecule has 0 radical (unpaired) electrons. The second-order valence-corrected chi connectivity index (χ2v) is 4.36. The van der Waals surface area contributed by atoms with Gasteiger partial charge in [-0.2, -0.15) is 0 Å². The van der Waals surface area contributed by atoms with E-state index in [0.717, 1.165) is 12.1 Å². The van der Waals surface area contributed by atoms with Crippen molar-refractivity contribution in [1.29, 1.82) is 0 Å². The Morgan fingerprint density at radius 2 is 2.20 bits per heavy atom. The fraction of sp³-hybridized carbons (Fsp3) is 0.714. The third-order valence-electron chi connectivity index (χ3n) is 1.60. The van der Waals surface area contributed by atoms with Crippen LogP contribution in [0.5, 0.6) is 0 Å². The maximum Gasteiger partial charge on any atom is 0.305 e. The van der Waals surface area contributed by atoms with Crippen LogP contribution >= 0.6 is 11.8 Å². The van der Waals surface area contributed by atoms with Crippen molar-refractivity contribution in [2.24, 2.45) is 4.99 Å². The van der Waals surface area contributed by atoms with Gasteiger partial charge >= 0.3 is 5.24 Å². The Morgan fingerprint density at radius 1 is 1.60 bits per heavy atom. The second kappa shape index (κ2) is 2.38. The first-order valence-electron chi connectivity index (χ1n) is 3.37. The van der Waals surface area contributed by atoms with Gasteiger partial charge in [0.1, 0.15) is 0 Å². The van der Waals surface area contributed by atoms with Crippen molar-refractivity contribution in [3.05, 3.63) is 0 Å². The van der Waals surface area contributed by atoms with E-state index >= 15 is 0 Å². The first kappa shape index (κ1) is 7.79. The highest BCUT2D eigenvalue weighted by molar-refractivity contribution is 8.15. The van der Waals surface area contributed by atoms with Crippen LogP contribution in [0.3, 0.4) is 0 Å². The predicted octanol–water partition coefficient (Wildman–Crippen LogP) is 2.48. The zero-order chi connectivity index (χ0) is 7.78. The van der Waals surface area contributed by atoms with E-state index in [1.165, 1.54) is 11.8 Å². The summed E-state index contributed by atoms with van der Waals surface area (Å²) in [6.07, 6.45) is 0.881. The summed E-state index contributed by atoms with van der Waals surface area (Å²) in [4.78, 5) is 14.7. The minimum atomic E-state index is -0.0498. The molecule has 0 fully saturated rings. The molecule has 0 saturated heterocycles. The third kappa shape index (κ3) is 1.24. The fourth-order valence-electron chi connectivity index (χ4n) is 1.05. The quantitative estimate of drug-likeness (QED) is 0.585. The summed E-state index contributed by atoms with van der Waals surface area (Å²) in [6, 6.07) is 0. The van der Waals surface area contributed by atoms with E-state index in [4.69, 9.17) is 0 Å². The van der Waals surface area contributed by atoms with E-state index in [1.54, 1.807) is 0 Å². The van der Waals surface area contributed by atoms with Crippen LogP contribution in [-0.4, -0.2) is 15.7 Å². The highest BCUT2D eigenvalue weighted by atomic mass is 32.2. The average Bonchev–Trinajstić information content (AvgIpc) is 2.04. The molecular formula is C7H11NOS. The topological polar surface area (TPSA) is 29.4 Å². The smallest absolute Gasteiger partial charge is 0.259 e. The first-order chi connectivity index (χ1) is 4.56. The van der Waals surface area contributed by atoms with E-state index in [0.29, 0.717) is 0 Å². The standard InChI is InChI=1S/C7H11NOS/c1-4-5-7(2,3)10-6(9)8-5/h4H2,1-3H3. The van der Waals surface area contributed by atoms with Crippen molar-refractivity contribution >= 4 is 22.7 Å². The first-order valence-corrected chi connectivity index (χ1v) is 4.19. The van der Waals surface area contributed by atoms with Gasteiger partial charge in [-0.1, -0.05) is 18.7 Å². The number of carbonyl (C=O) groups excluding carboxylic acids is 1. The molecule has 10 heavy (non-hydrogen) atoms. The summed E-state index contributed by atoms with van der Waals surface area (Å²) >= 11 is 1.31. The van der Waals surface area contributed by atoms with Crippen LogP contribution in [0.15, 0.2) is 4.99 Å². The van der Waals surface area contributed by atoms with Gasteiger partial charge in [0.05, 0.1) is 4.75 Å². The summed E-state index contributed by atoms with van der Waals surface area (Å²) in [6.45, 7) is 6.09. The molecule has 0 aromatic carbocycles. The normalized spacial score (nSPS) is 23.1. The Balaban J connectivity index is 2.86. The zero-order valence-electron chi connectivity index (χ0n) is 6.47. The summed E-state index contributed by atoms with van der Waals surface area (Å²) in [5.41, 5.74) is 1.02. The highest BCUT2D eigenvalue weighted by Gasteiger charge is 2.33. The zero-order valence-corrected chi connectivity index (χ0v) is 7.29. The maximum atomic E-state index is 10.8. The Bertz CT molecular complexity index is 196. The lowest BCUT2D eigenvalue weighted by Gasteiger charge is -2.15. The number of carbonyl (C=O) groups is 1. The van der Waals surface area contributed by atoms with Crippen LogP contribution in [0, 0.1) is 0 Å². The van der Waals surface area contributed by atoms with Crippen molar-refractivity contribution in [2.75, 3.05) is 0 Å². The van der Waals surface area contributed by atoms with E-state index in [9.17, 15) is 4.79 Å². The number of nitrogens with zero attached hydrogens (tertiary/aromatic N) is 1. The minimum Gasteiger partial charge on any atom is -0.259 e. The fourth-order valence-corrected chi connectivity index (χ4v) is 1.95. The van der Waals surface area contributed by atoms with Gasteiger partial charge in [-0.25, -0.2) is 4.99 Å². The van der Waals surface area contributed by atoms with Crippen LogP contribution in [-0.2, 0) is 0 Å². The molecule has 0 N–H and O–H groups in total. The van der Waals surface area contributed by atoms with Crippen molar-refractivity contribution < 1.29 is 4.79 Å². The average molecular weight is 157 g/mol. The monoisotopic (exact) mass is 157 g/mol. The van der Waals surface area contributed by atoms with Crippen LogP contribution < -0.4 is 0 Å². The SMILES string of the molecule is CCC1=NC(=O)SC1(C)C. The molecule has 1 aliphatic rings. The molecule has 2 nitrogen and oxygen atoms in total. The van der Waals surface area contributed by atoms with Gasteiger partial charge in [-0.05, 0) is 20.3 Å². The number of hydrogen-bond donors (Lipinski definition) is 0. The van der Waals surface area contributed by atoms with Gasteiger partial charge in [-0.15, -0.1) is 0 Å². The number of aliphatic imine (C=N–C) groups is 1.